The SMILES string of the molecule is CC(C)SCC[C@H](OC(=O)[C@H](C)CS)C(=O)O.NC12CC3CC(CC(C3)C1)C2. The number of nitrogens with two attached hydrogens (primary N) is 1. The number of hydrogen-bond donors (Lipinski definition) is 3. The van der Waals surface area contributed by atoms with Crippen LogP contribution in [0, 0.1) is 23.7 Å². The number of ether oxygens (including phenoxy) is 1. The van der Waals surface area contributed by atoms with Gasteiger partial charge in [0.15, 0.2) is 6.10 Å². The van der Waals surface area contributed by atoms with Crippen molar-refractivity contribution in [2.75, 3.05) is 11.5 Å². The predicted octanol–water partition coefficient (Wildman–Crippen LogP) is 3.99. The molecule has 0 saturated heterocycles. The maximum absolute atomic E-state index is 11.4. The fraction of sp³-hybridized carbons (Fsp3) is 0.905. The Morgan fingerprint density at radius 3 is 2.00 bits per heavy atom. The molecule has 4 saturated carbocycles. The molecule has 0 radical (unpaired) electrons. The Labute approximate surface area is 179 Å². The lowest BCUT2D eigenvalue weighted by atomic mass is 9.53. The first-order valence-corrected chi connectivity index (χ1v) is 12.2. The van der Waals surface area contributed by atoms with Crippen molar-refractivity contribution in [3.8, 4) is 0 Å². The molecule has 4 bridgehead atoms. The predicted molar refractivity (Wildman–Crippen MR) is 118 cm³/mol. The van der Waals surface area contributed by atoms with Crippen LogP contribution in [0.15, 0.2) is 0 Å². The lowest BCUT2D eigenvalue weighted by Gasteiger charge is -2.55. The van der Waals surface area contributed by atoms with Crippen LogP contribution in [0.4, 0.5) is 0 Å². The summed E-state index contributed by atoms with van der Waals surface area (Å²) in [5, 5.41) is 9.38. The summed E-state index contributed by atoms with van der Waals surface area (Å²) in [7, 11) is 0. The van der Waals surface area contributed by atoms with Crippen LogP contribution < -0.4 is 5.73 Å². The Kier molecular flexibility index (Phi) is 9.02. The molecule has 162 valence electrons. The van der Waals surface area contributed by atoms with Crippen LogP contribution in [-0.2, 0) is 14.3 Å². The van der Waals surface area contributed by atoms with Gasteiger partial charge in [-0.15, -0.1) is 0 Å². The van der Waals surface area contributed by atoms with Crippen molar-refractivity contribution in [1.82, 2.24) is 0 Å². The highest BCUT2D eigenvalue weighted by Gasteiger charge is 2.48. The van der Waals surface area contributed by atoms with Crippen LogP contribution in [0.5, 0.6) is 0 Å². The first-order chi connectivity index (χ1) is 13.1. The Morgan fingerprint density at radius 1 is 1.14 bits per heavy atom. The number of hydrogen-bond acceptors (Lipinski definition) is 6. The van der Waals surface area contributed by atoms with E-state index in [-0.39, 0.29) is 5.92 Å². The number of aliphatic carboxylic acids is 1. The summed E-state index contributed by atoms with van der Waals surface area (Å²) in [5.74, 6) is 2.11. The van der Waals surface area contributed by atoms with Crippen LogP contribution in [0.25, 0.3) is 0 Å². The van der Waals surface area contributed by atoms with Crippen molar-refractivity contribution >= 4 is 36.3 Å². The van der Waals surface area contributed by atoms with Crippen molar-refractivity contribution in [2.45, 2.75) is 82.6 Å². The maximum atomic E-state index is 11.4. The largest absolute Gasteiger partial charge is 0.479 e. The van der Waals surface area contributed by atoms with Gasteiger partial charge in [0, 0.05) is 17.7 Å². The van der Waals surface area contributed by atoms with E-state index >= 15 is 0 Å². The van der Waals surface area contributed by atoms with Gasteiger partial charge < -0.3 is 15.6 Å². The number of carbonyl (C=O) groups is 2. The lowest BCUT2D eigenvalue weighted by molar-refractivity contribution is -0.166. The Balaban J connectivity index is 0.000000215. The molecule has 0 heterocycles. The third-order valence-electron chi connectivity index (χ3n) is 6.13. The monoisotopic (exact) mass is 431 g/mol. The normalized spacial score (nSPS) is 32.4. The van der Waals surface area contributed by atoms with Crippen LogP contribution in [0.2, 0.25) is 0 Å². The van der Waals surface area contributed by atoms with E-state index in [1.54, 1.807) is 18.7 Å². The molecule has 0 unspecified atom stereocenters. The zero-order valence-corrected chi connectivity index (χ0v) is 19.1. The van der Waals surface area contributed by atoms with Crippen LogP contribution in [-0.4, -0.2) is 45.4 Å². The highest BCUT2D eigenvalue weighted by Crippen LogP contribution is 2.54. The average molecular weight is 432 g/mol. The number of carbonyl (C=O) groups excluding carboxylic acids is 1. The molecule has 4 fully saturated rings. The minimum atomic E-state index is -1.09. The second-order valence-corrected chi connectivity index (χ2v) is 11.4. The standard InChI is InChI=1S/C11H20O4S2.C10H17N/c1-7(2)17-5-4-9(10(12)13)15-11(14)8(3)6-16;11-10-4-7-1-8(5-10)3-9(2-7)6-10/h7-9,16H,4-6H2,1-3H3,(H,12,13);7-9H,1-6,11H2/t8-,9+;/m1./s1. The van der Waals surface area contributed by atoms with Crippen molar-refractivity contribution in [2.24, 2.45) is 29.4 Å². The number of thioether (sulfide) groups is 1. The van der Waals surface area contributed by atoms with E-state index in [1.165, 1.54) is 38.5 Å². The molecule has 2 atom stereocenters. The second kappa shape index (κ2) is 10.6. The average Bonchev–Trinajstić information content (AvgIpc) is 2.58. The lowest BCUT2D eigenvalue weighted by Crippen LogP contribution is -2.55. The Morgan fingerprint density at radius 2 is 1.64 bits per heavy atom. The smallest absolute Gasteiger partial charge is 0.345 e. The van der Waals surface area contributed by atoms with E-state index in [2.05, 4.69) is 12.6 Å². The maximum Gasteiger partial charge on any atom is 0.345 e. The fourth-order valence-electron chi connectivity index (χ4n) is 5.15. The molecule has 7 heteroatoms. The molecule has 0 aromatic rings. The van der Waals surface area contributed by atoms with Crippen molar-refractivity contribution in [1.29, 1.82) is 0 Å². The summed E-state index contributed by atoms with van der Waals surface area (Å²) in [6.07, 6.45) is 7.86. The molecule has 4 aliphatic carbocycles. The van der Waals surface area contributed by atoms with Crippen LogP contribution in [0.3, 0.4) is 0 Å². The highest BCUT2D eigenvalue weighted by molar-refractivity contribution is 7.99. The zero-order valence-electron chi connectivity index (χ0n) is 17.4. The second-order valence-electron chi connectivity index (χ2n) is 9.34. The van der Waals surface area contributed by atoms with E-state index in [0.717, 1.165) is 17.8 Å². The van der Waals surface area contributed by atoms with Crippen LogP contribution >= 0.6 is 24.4 Å². The molecule has 0 aliphatic heterocycles. The molecule has 3 N–H and O–H groups in total. The van der Waals surface area contributed by atoms with Gasteiger partial charge in [-0.1, -0.05) is 20.8 Å². The number of carboxylic acid groups (broad SMARTS) is 1. The first kappa shape index (κ1) is 23.9. The summed E-state index contributed by atoms with van der Waals surface area (Å²) < 4.78 is 4.95. The topological polar surface area (TPSA) is 89.6 Å². The summed E-state index contributed by atoms with van der Waals surface area (Å²) in [5.41, 5.74) is 6.62. The van der Waals surface area contributed by atoms with Gasteiger partial charge in [0.2, 0.25) is 0 Å². The van der Waals surface area contributed by atoms with E-state index < -0.39 is 18.0 Å². The van der Waals surface area contributed by atoms with Gasteiger partial charge in [0.25, 0.3) is 0 Å². The molecule has 4 aliphatic rings. The Bertz CT molecular complexity index is 505. The number of thiol groups is 1. The number of carboxylic acids is 1. The summed E-state index contributed by atoms with van der Waals surface area (Å²) in [6.45, 7) is 5.74. The highest BCUT2D eigenvalue weighted by atomic mass is 32.2. The number of esters is 1. The summed E-state index contributed by atoms with van der Waals surface area (Å²) in [4.78, 5) is 22.4. The molecule has 0 amide bonds. The van der Waals surface area contributed by atoms with Gasteiger partial charge in [-0.2, -0.15) is 24.4 Å². The molecule has 28 heavy (non-hydrogen) atoms. The van der Waals surface area contributed by atoms with Crippen molar-refractivity contribution in [3.05, 3.63) is 0 Å². The van der Waals surface area contributed by atoms with Gasteiger partial charge in [-0.25, -0.2) is 4.79 Å². The minimum Gasteiger partial charge on any atom is -0.479 e. The third kappa shape index (κ3) is 7.13. The van der Waals surface area contributed by atoms with Gasteiger partial charge in [-0.3, -0.25) is 4.79 Å². The summed E-state index contributed by atoms with van der Waals surface area (Å²) >= 11 is 5.62. The van der Waals surface area contributed by atoms with Gasteiger partial charge in [0.1, 0.15) is 0 Å². The van der Waals surface area contributed by atoms with Gasteiger partial charge in [-0.05, 0) is 67.3 Å². The molecule has 0 spiro atoms. The van der Waals surface area contributed by atoms with E-state index in [0.29, 0.717) is 28.7 Å². The molecule has 4 rings (SSSR count). The van der Waals surface area contributed by atoms with Gasteiger partial charge >= 0.3 is 11.9 Å². The molecule has 0 aromatic heterocycles. The first-order valence-electron chi connectivity index (χ1n) is 10.6. The van der Waals surface area contributed by atoms with Crippen LogP contribution in [0.1, 0.15) is 65.7 Å². The summed E-state index contributed by atoms with van der Waals surface area (Å²) in [6, 6.07) is 0. The molecule has 5 nitrogen and oxygen atoms in total. The Hall–Kier alpha value is -0.400. The molecular weight excluding hydrogens is 394 g/mol. The van der Waals surface area contributed by atoms with Crippen molar-refractivity contribution in [3.63, 3.8) is 0 Å². The van der Waals surface area contributed by atoms with E-state index in [9.17, 15) is 9.59 Å². The zero-order chi connectivity index (χ0) is 20.9. The molecular formula is C21H37NO4S2. The third-order valence-corrected chi connectivity index (χ3v) is 7.81. The van der Waals surface area contributed by atoms with E-state index in [4.69, 9.17) is 15.6 Å². The number of rotatable bonds is 8. The minimum absolute atomic E-state index is 0.300. The van der Waals surface area contributed by atoms with Crippen molar-refractivity contribution < 1.29 is 19.4 Å². The fourth-order valence-corrected chi connectivity index (χ4v) is 6.12. The quantitative estimate of drug-likeness (QED) is 0.398. The van der Waals surface area contributed by atoms with E-state index in [1.807, 2.05) is 13.8 Å². The van der Waals surface area contributed by atoms with Gasteiger partial charge in [0.05, 0.1) is 5.92 Å². The molecule has 0 aromatic carbocycles.